The maximum atomic E-state index is 12.0. The topological polar surface area (TPSA) is 75.3 Å². The number of nitrogens with one attached hydrogen (secondary N) is 1. The normalized spacial score (nSPS) is 10.3. The highest BCUT2D eigenvalue weighted by Gasteiger charge is 2.11. The summed E-state index contributed by atoms with van der Waals surface area (Å²) in [6, 6.07) is 9.28. The van der Waals surface area contributed by atoms with Crippen LogP contribution in [-0.4, -0.2) is 11.0 Å². The molecule has 2 aromatic rings. The SMILES string of the molecule is Nc1ccc(O)c(CNC(=O)c2cc(Cl)ccc2Cl)c1. The summed E-state index contributed by atoms with van der Waals surface area (Å²) in [4.78, 5) is 12.0. The summed E-state index contributed by atoms with van der Waals surface area (Å²) in [6.07, 6.45) is 0. The number of phenolic OH excluding ortho intramolecular Hbond substituents is 1. The molecule has 0 radical (unpaired) electrons. The van der Waals surface area contributed by atoms with Gasteiger partial charge in [-0.2, -0.15) is 0 Å². The molecule has 0 atom stereocenters. The average molecular weight is 311 g/mol. The van der Waals surface area contributed by atoms with Crippen molar-refractivity contribution in [1.29, 1.82) is 0 Å². The Labute approximate surface area is 126 Å². The van der Waals surface area contributed by atoms with Crippen molar-refractivity contribution in [2.45, 2.75) is 6.54 Å². The molecule has 2 aromatic carbocycles. The van der Waals surface area contributed by atoms with E-state index in [-0.39, 0.29) is 23.8 Å². The van der Waals surface area contributed by atoms with Crippen molar-refractivity contribution < 1.29 is 9.90 Å². The molecule has 1 amide bonds. The molecule has 0 spiro atoms. The first kappa shape index (κ1) is 14.5. The summed E-state index contributed by atoms with van der Waals surface area (Å²) in [5.41, 5.74) is 6.94. The zero-order chi connectivity index (χ0) is 14.7. The van der Waals surface area contributed by atoms with E-state index in [0.717, 1.165) is 0 Å². The quantitative estimate of drug-likeness (QED) is 0.602. The molecule has 0 aliphatic heterocycles. The smallest absolute Gasteiger partial charge is 0.253 e. The van der Waals surface area contributed by atoms with Gasteiger partial charge in [-0.25, -0.2) is 0 Å². The van der Waals surface area contributed by atoms with Crippen LogP contribution in [0, 0.1) is 0 Å². The molecule has 0 heterocycles. The summed E-state index contributed by atoms with van der Waals surface area (Å²) in [5.74, 6) is -0.309. The summed E-state index contributed by atoms with van der Waals surface area (Å²) in [6.45, 7) is 0.137. The number of aromatic hydroxyl groups is 1. The first-order valence-electron chi connectivity index (χ1n) is 5.78. The second-order valence-corrected chi connectivity index (χ2v) is 5.04. The highest BCUT2D eigenvalue weighted by atomic mass is 35.5. The number of carbonyl (C=O) groups excluding carboxylic acids is 1. The Kier molecular flexibility index (Phi) is 4.37. The zero-order valence-corrected chi connectivity index (χ0v) is 11.9. The first-order valence-corrected chi connectivity index (χ1v) is 6.53. The van der Waals surface area contributed by atoms with Crippen molar-refractivity contribution in [2.24, 2.45) is 0 Å². The van der Waals surface area contributed by atoms with E-state index in [0.29, 0.717) is 21.3 Å². The molecule has 0 bridgehead atoms. The van der Waals surface area contributed by atoms with E-state index in [2.05, 4.69) is 5.32 Å². The fourth-order valence-corrected chi connectivity index (χ4v) is 2.06. The van der Waals surface area contributed by atoms with Crippen molar-refractivity contribution in [1.82, 2.24) is 5.32 Å². The lowest BCUT2D eigenvalue weighted by Gasteiger charge is -2.09. The first-order chi connectivity index (χ1) is 9.47. The Hall–Kier alpha value is -1.91. The number of hydrogen-bond acceptors (Lipinski definition) is 3. The third kappa shape index (κ3) is 3.35. The molecule has 2 rings (SSSR count). The van der Waals surface area contributed by atoms with Gasteiger partial charge < -0.3 is 16.2 Å². The third-order valence-electron chi connectivity index (χ3n) is 2.72. The molecule has 104 valence electrons. The number of nitrogens with two attached hydrogens (primary N) is 1. The largest absolute Gasteiger partial charge is 0.508 e. The lowest BCUT2D eigenvalue weighted by Crippen LogP contribution is -2.23. The van der Waals surface area contributed by atoms with Crippen LogP contribution >= 0.6 is 23.2 Å². The van der Waals surface area contributed by atoms with Gasteiger partial charge >= 0.3 is 0 Å². The zero-order valence-electron chi connectivity index (χ0n) is 10.4. The molecular formula is C14H12Cl2N2O2. The molecule has 0 fully saturated rings. The number of halogens is 2. The number of amides is 1. The Morgan fingerprint density at radius 1 is 1.20 bits per heavy atom. The van der Waals surface area contributed by atoms with Crippen LogP contribution in [0.15, 0.2) is 36.4 Å². The van der Waals surface area contributed by atoms with Crippen molar-refractivity contribution in [2.75, 3.05) is 5.73 Å². The van der Waals surface area contributed by atoms with E-state index in [9.17, 15) is 9.90 Å². The second-order valence-electron chi connectivity index (χ2n) is 4.19. The number of carbonyl (C=O) groups is 1. The van der Waals surface area contributed by atoms with E-state index in [1.807, 2.05) is 0 Å². The summed E-state index contributed by atoms with van der Waals surface area (Å²) in [7, 11) is 0. The van der Waals surface area contributed by atoms with Crippen LogP contribution in [-0.2, 0) is 6.54 Å². The number of anilines is 1. The van der Waals surface area contributed by atoms with Crippen LogP contribution in [0.2, 0.25) is 10.0 Å². The number of phenols is 1. The van der Waals surface area contributed by atoms with Crippen LogP contribution in [0.3, 0.4) is 0 Å². The molecule has 0 aliphatic carbocycles. The fourth-order valence-electron chi connectivity index (χ4n) is 1.69. The summed E-state index contributed by atoms with van der Waals surface area (Å²) >= 11 is 11.8. The molecule has 0 saturated heterocycles. The van der Waals surface area contributed by atoms with Gasteiger partial charge in [-0.3, -0.25) is 4.79 Å². The van der Waals surface area contributed by atoms with E-state index < -0.39 is 0 Å². The summed E-state index contributed by atoms with van der Waals surface area (Å²) < 4.78 is 0. The molecule has 4 N–H and O–H groups in total. The standard InChI is InChI=1S/C14H12Cl2N2O2/c15-9-1-3-12(16)11(6-9)14(20)18-7-8-5-10(17)2-4-13(8)19/h1-6,19H,7,17H2,(H,18,20). The number of hydrogen-bond donors (Lipinski definition) is 3. The van der Waals surface area contributed by atoms with Crippen LogP contribution in [0.1, 0.15) is 15.9 Å². The molecule has 0 aromatic heterocycles. The molecule has 20 heavy (non-hydrogen) atoms. The van der Waals surface area contributed by atoms with E-state index >= 15 is 0 Å². The van der Waals surface area contributed by atoms with Gasteiger partial charge in [0.15, 0.2) is 0 Å². The monoisotopic (exact) mass is 310 g/mol. The van der Waals surface area contributed by atoms with E-state index in [1.165, 1.54) is 12.1 Å². The Balaban J connectivity index is 2.12. The number of nitrogen functional groups attached to an aromatic ring is 1. The van der Waals surface area contributed by atoms with Crippen molar-refractivity contribution >= 4 is 34.8 Å². The molecule has 0 aliphatic rings. The maximum absolute atomic E-state index is 12.0. The molecule has 0 unspecified atom stereocenters. The van der Waals surface area contributed by atoms with E-state index in [4.69, 9.17) is 28.9 Å². The van der Waals surface area contributed by atoms with Gasteiger partial charge in [0.1, 0.15) is 5.75 Å². The molecular weight excluding hydrogens is 299 g/mol. The molecule has 4 nitrogen and oxygen atoms in total. The highest BCUT2D eigenvalue weighted by molar-refractivity contribution is 6.35. The lowest BCUT2D eigenvalue weighted by atomic mass is 10.1. The Bertz CT molecular complexity index is 660. The number of rotatable bonds is 3. The van der Waals surface area contributed by atoms with Crippen molar-refractivity contribution in [3.05, 3.63) is 57.6 Å². The van der Waals surface area contributed by atoms with Crippen LogP contribution in [0.4, 0.5) is 5.69 Å². The van der Waals surface area contributed by atoms with Gasteiger partial charge in [-0.15, -0.1) is 0 Å². The minimum atomic E-state index is -0.376. The maximum Gasteiger partial charge on any atom is 0.253 e. The predicted octanol–water partition coefficient (Wildman–Crippen LogP) is 3.21. The molecule has 6 heteroatoms. The Morgan fingerprint density at radius 2 is 1.95 bits per heavy atom. The van der Waals surface area contributed by atoms with Gasteiger partial charge in [-0.1, -0.05) is 23.2 Å². The van der Waals surface area contributed by atoms with Crippen LogP contribution in [0.5, 0.6) is 5.75 Å². The number of benzene rings is 2. The van der Waals surface area contributed by atoms with Crippen molar-refractivity contribution in [3.63, 3.8) is 0 Å². The van der Waals surface area contributed by atoms with Gasteiger partial charge in [0.2, 0.25) is 0 Å². The van der Waals surface area contributed by atoms with Gasteiger partial charge in [0, 0.05) is 22.8 Å². The van der Waals surface area contributed by atoms with Crippen LogP contribution < -0.4 is 11.1 Å². The fraction of sp³-hybridized carbons (Fsp3) is 0.0714. The molecule has 0 saturated carbocycles. The highest BCUT2D eigenvalue weighted by Crippen LogP contribution is 2.22. The van der Waals surface area contributed by atoms with Crippen molar-refractivity contribution in [3.8, 4) is 5.75 Å². The minimum Gasteiger partial charge on any atom is -0.508 e. The lowest BCUT2D eigenvalue weighted by molar-refractivity contribution is 0.0951. The van der Waals surface area contributed by atoms with Crippen LogP contribution in [0.25, 0.3) is 0 Å². The van der Waals surface area contributed by atoms with Gasteiger partial charge in [0.25, 0.3) is 5.91 Å². The predicted molar refractivity (Wildman–Crippen MR) is 80.2 cm³/mol. The average Bonchev–Trinajstić information content (AvgIpc) is 2.42. The Morgan fingerprint density at radius 3 is 2.70 bits per heavy atom. The van der Waals surface area contributed by atoms with Gasteiger partial charge in [-0.05, 0) is 36.4 Å². The summed E-state index contributed by atoms with van der Waals surface area (Å²) in [5, 5.41) is 13.0. The second kappa shape index (κ2) is 6.03. The minimum absolute atomic E-state index is 0.0664. The van der Waals surface area contributed by atoms with Gasteiger partial charge in [0.05, 0.1) is 10.6 Å². The van der Waals surface area contributed by atoms with E-state index in [1.54, 1.807) is 24.3 Å². The third-order valence-corrected chi connectivity index (χ3v) is 3.28.